The fraction of sp³-hybridized carbons (Fsp3) is 0.636. The van der Waals surface area contributed by atoms with Crippen molar-refractivity contribution in [2.24, 2.45) is 0 Å². The molecule has 0 saturated carbocycles. The van der Waals surface area contributed by atoms with Gasteiger partial charge in [0, 0.05) is 6.54 Å². The van der Waals surface area contributed by atoms with E-state index in [0.717, 1.165) is 13.0 Å². The summed E-state index contributed by atoms with van der Waals surface area (Å²) in [6, 6.07) is 0. The highest BCUT2D eigenvalue weighted by Gasteiger charge is 2.15. The van der Waals surface area contributed by atoms with E-state index < -0.39 is 0 Å². The van der Waals surface area contributed by atoms with Gasteiger partial charge in [-0.15, -0.1) is 0 Å². The predicted molar refractivity (Wildman–Crippen MR) is 60.1 cm³/mol. The second-order valence-corrected chi connectivity index (χ2v) is 3.67. The van der Waals surface area contributed by atoms with Gasteiger partial charge >= 0.3 is 0 Å². The Morgan fingerprint density at radius 3 is 2.14 bits per heavy atom. The van der Waals surface area contributed by atoms with E-state index in [4.69, 9.17) is 10.8 Å². The Kier molecular flexibility index (Phi) is 4.36. The Morgan fingerprint density at radius 1 is 1.00 bits per heavy atom. The molecular formula is C11H19N3. The third kappa shape index (κ3) is 2.98. The first-order chi connectivity index (χ1) is 6.75. The summed E-state index contributed by atoms with van der Waals surface area (Å²) in [7, 11) is 0. The standard InChI is InChI=1S/C11H19N3/c1-2-3-4-5-6-9-14-10(12)7-8-11(14)13/h7-8,12-13H,2-6,9H2,1H3. The van der Waals surface area contributed by atoms with Gasteiger partial charge in [0.25, 0.3) is 0 Å². The van der Waals surface area contributed by atoms with Gasteiger partial charge in [0.2, 0.25) is 0 Å². The minimum atomic E-state index is 0.463. The molecule has 0 atom stereocenters. The molecule has 0 aliphatic carbocycles. The van der Waals surface area contributed by atoms with E-state index in [2.05, 4.69) is 6.92 Å². The molecule has 1 aliphatic heterocycles. The number of amidine groups is 2. The Labute approximate surface area is 85.8 Å². The highest BCUT2D eigenvalue weighted by atomic mass is 15.2. The maximum absolute atomic E-state index is 7.55. The number of hydrogen-bond donors (Lipinski definition) is 2. The van der Waals surface area contributed by atoms with Crippen LogP contribution in [0.5, 0.6) is 0 Å². The van der Waals surface area contributed by atoms with E-state index >= 15 is 0 Å². The molecule has 0 fully saturated rings. The minimum absolute atomic E-state index is 0.463. The molecule has 2 N–H and O–H groups in total. The highest BCUT2D eigenvalue weighted by Crippen LogP contribution is 2.08. The van der Waals surface area contributed by atoms with Gasteiger partial charge in [0.05, 0.1) is 0 Å². The quantitative estimate of drug-likeness (QED) is 0.626. The van der Waals surface area contributed by atoms with Crippen LogP contribution in [0.3, 0.4) is 0 Å². The van der Waals surface area contributed by atoms with Crippen molar-refractivity contribution in [3.63, 3.8) is 0 Å². The van der Waals surface area contributed by atoms with Crippen molar-refractivity contribution in [2.75, 3.05) is 6.54 Å². The molecule has 3 heteroatoms. The van der Waals surface area contributed by atoms with Crippen LogP contribution >= 0.6 is 0 Å². The maximum atomic E-state index is 7.55. The molecule has 0 spiro atoms. The molecule has 14 heavy (non-hydrogen) atoms. The maximum Gasteiger partial charge on any atom is 0.126 e. The van der Waals surface area contributed by atoms with Crippen molar-refractivity contribution in [2.45, 2.75) is 39.0 Å². The molecule has 1 heterocycles. The predicted octanol–water partition coefficient (Wildman–Crippen LogP) is 2.78. The van der Waals surface area contributed by atoms with Crippen molar-refractivity contribution in [3.05, 3.63) is 12.2 Å². The van der Waals surface area contributed by atoms with Gasteiger partial charge in [-0.2, -0.15) is 0 Å². The zero-order chi connectivity index (χ0) is 10.4. The molecule has 0 aromatic carbocycles. The van der Waals surface area contributed by atoms with E-state index in [0.29, 0.717) is 11.7 Å². The summed E-state index contributed by atoms with van der Waals surface area (Å²) in [5.74, 6) is 0.927. The number of unbranched alkanes of at least 4 members (excludes halogenated alkanes) is 4. The normalized spacial score (nSPS) is 15.6. The molecule has 3 nitrogen and oxygen atoms in total. The van der Waals surface area contributed by atoms with Crippen molar-refractivity contribution < 1.29 is 0 Å². The molecule has 0 amide bonds. The second kappa shape index (κ2) is 5.58. The van der Waals surface area contributed by atoms with Crippen LogP contribution in [0.25, 0.3) is 0 Å². The van der Waals surface area contributed by atoms with Gasteiger partial charge in [-0.25, -0.2) is 0 Å². The molecule has 0 radical (unpaired) electrons. The number of hydrogen-bond acceptors (Lipinski definition) is 2. The lowest BCUT2D eigenvalue weighted by Crippen LogP contribution is -2.30. The van der Waals surface area contributed by atoms with Crippen molar-refractivity contribution in [3.8, 4) is 0 Å². The Balaban J connectivity index is 2.13. The van der Waals surface area contributed by atoms with Crippen molar-refractivity contribution in [1.82, 2.24) is 4.90 Å². The van der Waals surface area contributed by atoms with Crippen LogP contribution in [-0.4, -0.2) is 23.1 Å². The fourth-order valence-corrected chi connectivity index (χ4v) is 1.58. The fourth-order valence-electron chi connectivity index (χ4n) is 1.58. The topological polar surface area (TPSA) is 50.9 Å². The van der Waals surface area contributed by atoms with Gasteiger partial charge in [-0.05, 0) is 18.6 Å². The number of nitrogens with one attached hydrogen (secondary N) is 2. The van der Waals surface area contributed by atoms with Crippen molar-refractivity contribution >= 4 is 11.7 Å². The first-order valence-electron chi connectivity index (χ1n) is 5.38. The van der Waals surface area contributed by atoms with E-state index in [1.165, 1.54) is 25.7 Å². The van der Waals surface area contributed by atoms with Crippen molar-refractivity contribution in [1.29, 1.82) is 10.8 Å². The molecule has 0 aromatic heterocycles. The van der Waals surface area contributed by atoms with Crippen LogP contribution in [0.15, 0.2) is 12.2 Å². The third-order valence-corrected chi connectivity index (χ3v) is 2.47. The SMILES string of the molecule is CCCCCCCN1C(=N)C=CC1=N. The lowest BCUT2D eigenvalue weighted by atomic mass is 10.1. The van der Waals surface area contributed by atoms with Crippen LogP contribution in [0.1, 0.15) is 39.0 Å². The smallest absolute Gasteiger partial charge is 0.126 e. The van der Waals surface area contributed by atoms with E-state index in [1.807, 2.05) is 0 Å². The monoisotopic (exact) mass is 193 g/mol. The largest absolute Gasteiger partial charge is 0.312 e. The van der Waals surface area contributed by atoms with Crippen LogP contribution in [0.4, 0.5) is 0 Å². The van der Waals surface area contributed by atoms with E-state index in [1.54, 1.807) is 17.1 Å². The summed E-state index contributed by atoms with van der Waals surface area (Å²) in [4.78, 5) is 1.76. The lowest BCUT2D eigenvalue weighted by Gasteiger charge is -2.17. The van der Waals surface area contributed by atoms with Crippen LogP contribution in [0.2, 0.25) is 0 Å². The summed E-state index contributed by atoms with van der Waals surface area (Å²) >= 11 is 0. The molecule has 78 valence electrons. The van der Waals surface area contributed by atoms with Gasteiger partial charge in [0.15, 0.2) is 0 Å². The average Bonchev–Trinajstić information content (AvgIpc) is 2.48. The summed E-state index contributed by atoms with van der Waals surface area (Å²) in [5.41, 5.74) is 0. The molecule has 1 rings (SSSR count). The first kappa shape index (κ1) is 11.0. The Hall–Kier alpha value is -1.12. The second-order valence-electron chi connectivity index (χ2n) is 3.67. The first-order valence-corrected chi connectivity index (χ1v) is 5.38. The summed E-state index contributed by atoms with van der Waals surface area (Å²) in [6.07, 6.45) is 9.52. The molecule has 1 aliphatic rings. The molecular weight excluding hydrogens is 174 g/mol. The van der Waals surface area contributed by atoms with Gasteiger partial charge < -0.3 is 4.90 Å². The summed E-state index contributed by atoms with van der Waals surface area (Å²) < 4.78 is 0. The zero-order valence-electron chi connectivity index (χ0n) is 8.84. The van der Waals surface area contributed by atoms with Crippen LogP contribution < -0.4 is 0 Å². The zero-order valence-corrected chi connectivity index (χ0v) is 8.84. The molecule has 0 unspecified atom stereocenters. The summed E-state index contributed by atoms with van der Waals surface area (Å²) in [6.45, 7) is 3.03. The minimum Gasteiger partial charge on any atom is -0.312 e. The Morgan fingerprint density at radius 2 is 1.57 bits per heavy atom. The van der Waals surface area contributed by atoms with Crippen LogP contribution in [-0.2, 0) is 0 Å². The molecule has 0 aromatic rings. The van der Waals surface area contributed by atoms with E-state index in [-0.39, 0.29) is 0 Å². The van der Waals surface area contributed by atoms with Gasteiger partial charge in [-0.3, -0.25) is 10.8 Å². The Bertz CT molecular complexity index is 225. The molecule has 0 saturated heterocycles. The highest BCUT2D eigenvalue weighted by molar-refractivity contribution is 6.15. The van der Waals surface area contributed by atoms with Gasteiger partial charge in [-0.1, -0.05) is 32.6 Å². The van der Waals surface area contributed by atoms with Crippen LogP contribution in [0, 0.1) is 10.8 Å². The summed E-state index contributed by atoms with van der Waals surface area (Å²) in [5, 5.41) is 15.1. The lowest BCUT2D eigenvalue weighted by molar-refractivity contribution is 0.537. The average molecular weight is 193 g/mol. The molecule has 0 bridgehead atoms. The third-order valence-electron chi connectivity index (χ3n) is 2.47. The van der Waals surface area contributed by atoms with Gasteiger partial charge in [0.1, 0.15) is 11.7 Å². The van der Waals surface area contributed by atoms with E-state index in [9.17, 15) is 0 Å². The number of rotatable bonds is 6. The number of nitrogens with zero attached hydrogens (tertiary/aromatic N) is 1.